The van der Waals surface area contributed by atoms with Crippen LogP contribution in [0.4, 0.5) is 11.6 Å². The maximum absolute atomic E-state index is 6.03. The summed E-state index contributed by atoms with van der Waals surface area (Å²) in [7, 11) is 5.35. The van der Waals surface area contributed by atoms with E-state index in [4.69, 9.17) is 42.0 Å². The second-order valence-corrected chi connectivity index (χ2v) is 43.7. The summed E-state index contributed by atoms with van der Waals surface area (Å²) in [4.78, 5) is 51.1. The van der Waals surface area contributed by atoms with E-state index in [1.807, 2.05) is 117 Å². The van der Waals surface area contributed by atoms with Gasteiger partial charge in [0.2, 0.25) is 0 Å². The lowest BCUT2D eigenvalue weighted by atomic mass is 9.85. The van der Waals surface area contributed by atoms with Crippen LogP contribution in [0.5, 0.6) is 17.2 Å². The molecule has 131 heavy (non-hydrogen) atoms. The number of anilines is 2. The summed E-state index contributed by atoms with van der Waals surface area (Å²) < 4.78 is 28.8. The number of pyridine rings is 8. The molecule has 17 rings (SSSR count). The number of methoxy groups -OCH3 is 2. The minimum Gasteiger partial charge on any atom is -0.497 e. The molecule has 0 spiro atoms. The molecule has 14 aromatic heterocycles. The van der Waals surface area contributed by atoms with Gasteiger partial charge in [0.1, 0.15) is 23.0 Å². The number of hydrogen-bond acceptors (Lipinski definition) is 20. The molecule has 0 atom stereocenters. The van der Waals surface area contributed by atoms with Crippen LogP contribution in [0.1, 0.15) is 230 Å². The van der Waals surface area contributed by atoms with E-state index in [1.54, 1.807) is 49.3 Å². The van der Waals surface area contributed by atoms with Gasteiger partial charge in [-0.15, -0.1) is 22.7 Å². The van der Waals surface area contributed by atoms with E-state index in [2.05, 4.69) is 321 Å². The first kappa shape index (κ1) is 102. The summed E-state index contributed by atoms with van der Waals surface area (Å²) in [6.07, 6.45) is 25.4. The van der Waals surface area contributed by atoms with Gasteiger partial charge in [0.25, 0.3) is 0 Å². The highest BCUT2D eigenvalue weighted by atomic mass is 35.5. The number of thiophene rings is 2. The molecule has 0 saturated carbocycles. The molecule has 6 N–H and O–H groups in total. The van der Waals surface area contributed by atoms with Crippen molar-refractivity contribution in [1.82, 2.24) is 79.1 Å². The van der Waals surface area contributed by atoms with Crippen LogP contribution in [0.15, 0.2) is 184 Å². The number of benzene rings is 2. The van der Waals surface area contributed by atoms with Crippen molar-refractivity contribution in [2.45, 2.75) is 236 Å². The highest BCUT2D eigenvalue weighted by molar-refractivity contribution is 7.22. The Balaban J connectivity index is 0.000000158. The summed E-state index contributed by atoms with van der Waals surface area (Å²) in [6.45, 7) is 63.2. The summed E-state index contributed by atoms with van der Waals surface area (Å²) in [5.41, 5.74) is 31.3. The zero-order valence-electron chi connectivity index (χ0n) is 82.7. The Morgan fingerprint density at radius 2 is 0.954 bits per heavy atom. The number of nitrogen functional groups attached to an aromatic ring is 2. The van der Waals surface area contributed by atoms with Crippen LogP contribution < -0.4 is 25.7 Å². The maximum Gasteiger partial charge on any atom is 0.181 e. The smallest absolute Gasteiger partial charge is 0.181 e. The average Bonchev–Trinajstić information content (AvgIpc) is 1.45. The van der Waals surface area contributed by atoms with E-state index in [0.29, 0.717) is 23.3 Å². The Bertz CT molecular complexity index is 6430. The number of H-pyrrole nitrogens is 2. The number of rotatable bonds is 10. The largest absolute Gasteiger partial charge is 0.497 e. The van der Waals surface area contributed by atoms with Crippen molar-refractivity contribution in [3.63, 3.8) is 0 Å². The van der Waals surface area contributed by atoms with Crippen molar-refractivity contribution in [2.75, 3.05) is 65.1 Å². The highest BCUT2D eigenvalue weighted by Gasteiger charge is 2.27. The maximum atomic E-state index is 6.03. The Hall–Kier alpha value is -11.3. The van der Waals surface area contributed by atoms with Crippen molar-refractivity contribution >= 4 is 110 Å². The molecule has 22 nitrogen and oxygen atoms in total. The molecule has 25 heteroatoms. The Morgan fingerprint density at radius 1 is 0.466 bits per heavy atom. The molecule has 0 amide bonds. The van der Waals surface area contributed by atoms with Gasteiger partial charge in [-0.3, -0.25) is 29.9 Å². The Labute approximate surface area is 789 Å². The molecule has 0 radical (unpaired) electrons. The van der Waals surface area contributed by atoms with Gasteiger partial charge >= 0.3 is 0 Å². The molecule has 2 aromatic carbocycles. The van der Waals surface area contributed by atoms with Gasteiger partial charge in [0.15, 0.2) is 17.1 Å². The van der Waals surface area contributed by atoms with Crippen molar-refractivity contribution in [1.29, 1.82) is 0 Å². The molecule has 1 fully saturated rings. The predicted molar refractivity (Wildman–Crippen MR) is 549 cm³/mol. The van der Waals surface area contributed by atoms with Gasteiger partial charge in [-0.25, -0.2) is 29.9 Å². The number of aromatic nitrogens is 15. The molecule has 696 valence electrons. The number of morpholine rings is 1. The third-order valence-electron chi connectivity index (χ3n) is 22.3. The van der Waals surface area contributed by atoms with Crippen molar-refractivity contribution in [2.24, 2.45) is 7.05 Å². The first-order chi connectivity index (χ1) is 61.5. The van der Waals surface area contributed by atoms with Gasteiger partial charge in [-0.05, 0) is 199 Å². The van der Waals surface area contributed by atoms with E-state index in [9.17, 15) is 0 Å². The second-order valence-electron chi connectivity index (χ2n) is 41.2. The average molecular weight is 1830 g/mol. The number of hydrogen-bond donors (Lipinski definition) is 4. The molecule has 1 aliphatic heterocycles. The first-order valence-electron chi connectivity index (χ1n) is 44.9. The van der Waals surface area contributed by atoms with Gasteiger partial charge in [0, 0.05) is 141 Å². The number of ether oxygens (including phenoxy) is 4. The van der Waals surface area contributed by atoms with Gasteiger partial charge in [-0.2, -0.15) is 5.10 Å². The molecule has 0 bridgehead atoms. The number of aromatic amines is 2. The lowest BCUT2D eigenvalue weighted by Crippen LogP contribution is -2.37. The van der Waals surface area contributed by atoms with E-state index in [1.165, 1.54) is 74.3 Å². The van der Waals surface area contributed by atoms with Crippen LogP contribution >= 0.6 is 34.3 Å². The van der Waals surface area contributed by atoms with E-state index < -0.39 is 0 Å². The van der Waals surface area contributed by atoms with E-state index in [0.717, 1.165) is 124 Å². The lowest BCUT2D eigenvalue weighted by molar-refractivity contribution is 0.0357. The third kappa shape index (κ3) is 27.2. The van der Waals surface area contributed by atoms with Crippen LogP contribution in [0.3, 0.4) is 0 Å². The Morgan fingerprint density at radius 3 is 1.46 bits per heavy atom. The fourth-order valence-corrected chi connectivity index (χ4v) is 18.1. The zero-order chi connectivity index (χ0) is 95.9. The van der Waals surface area contributed by atoms with Crippen LogP contribution in [-0.2, 0) is 61.6 Å². The summed E-state index contributed by atoms with van der Waals surface area (Å²) in [5, 5.41) is 12.4. The second kappa shape index (κ2) is 42.9. The van der Waals surface area contributed by atoms with E-state index >= 15 is 0 Å². The number of halogens is 1. The fraction of sp³-hybridized carbons (Fsp3) is 0.425. The predicted octanol–water partition coefficient (Wildman–Crippen LogP) is 25.7. The monoisotopic (exact) mass is 1830 g/mol. The number of fused-ring (bicyclic) bond motifs is 6. The van der Waals surface area contributed by atoms with Crippen LogP contribution in [0.25, 0.3) is 85.4 Å². The summed E-state index contributed by atoms with van der Waals surface area (Å²) in [5.74, 6) is 3.38. The van der Waals surface area contributed by atoms with Crippen LogP contribution in [0, 0.1) is 6.92 Å². The van der Waals surface area contributed by atoms with Crippen molar-refractivity contribution in [3.05, 3.63) is 239 Å². The molecule has 16 aromatic rings. The first-order valence-corrected chi connectivity index (χ1v) is 46.9. The quantitative estimate of drug-likeness (QED) is 0.0926. The third-order valence-corrected chi connectivity index (χ3v) is 25.1. The number of nitrogens with one attached hydrogen (secondary N) is 2. The SMILES string of the molecule is CC(C)(C)c1ccnc(N)c1.CC(C)(C)c1ccnc(N)c1Cl.CC(C)(C)c1ccnc2[nH]ccc12.CCn1cnc(-c2cc3nccc(C(C)(C)C)c3s2)c1.COc1cc2c(C(C)(C)C)ccnc2cc1OCCCN1CCOCC1.COc1ccc2c(C(C)(C)C)ccnc2c1.Cc1[nH]nc2nccc(C(C)(C)C)c12.Cn1cnc(-c2cc3nccc(C(C)(C)C)c3s2)c1. The molecule has 1 saturated heterocycles. The topological polar surface area (TPSA) is 275 Å². The Kier molecular flexibility index (Phi) is 33.4. The minimum absolute atomic E-state index is 0.0220. The number of imidazole rings is 2. The number of aryl methyl sites for hydroxylation is 3. The summed E-state index contributed by atoms with van der Waals surface area (Å²) in [6, 6.07) is 34.9. The fourth-order valence-electron chi connectivity index (χ4n) is 15.1. The van der Waals surface area contributed by atoms with Gasteiger partial charge in [0.05, 0.1) is 104 Å². The van der Waals surface area contributed by atoms with Gasteiger partial charge in [-0.1, -0.05) is 178 Å². The van der Waals surface area contributed by atoms with Crippen molar-refractivity contribution in [3.8, 4) is 38.4 Å². The minimum atomic E-state index is 0.0220. The lowest BCUT2D eigenvalue weighted by Gasteiger charge is -2.26. The molecule has 0 aliphatic carbocycles. The van der Waals surface area contributed by atoms with Crippen LogP contribution in [-0.4, -0.2) is 133 Å². The van der Waals surface area contributed by atoms with Crippen LogP contribution in [0.2, 0.25) is 5.02 Å². The molecule has 15 heterocycles. The number of nitrogens with two attached hydrogens (primary N) is 2. The van der Waals surface area contributed by atoms with E-state index in [-0.39, 0.29) is 43.3 Å². The molecule has 1 aliphatic rings. The number of nitrogens with zero attached hydrogens (tertiary/aromatic N) is 14. The van der Waals surface area contributed by atoms with Gasteiger partial charge < -0.3 is 44.5 Å². The summed E-state index contributed by atoms with van der Waals surface area (Å²) >= 11 is 9.56. The molecular formula is C106H139ClN18O4S2. The molecular weight excluding hydrogens is 1690 g/mol. The zero-order valence-corrected chi connectivity index (χ0v) is 85.1. The normalized spacial score (nSPS) is 12.8. The highest BCUT2D eigenvalue weighted by Crippen LogP contribution is 2.43. The molecule has 0 unspecified atom stereocenters. The van der Waals surface area contributed by atoms with Crippen molar-refractivity contribution < 1.29 is 18.9 Å². The standard InChI is InChI=1S/C21H30N2O3.C16H19N3S.C15H17N3S.C14H17NO.C11H15N3.C11H14N2.C9H13ClN2.C9H14N2/c1-21(2,3)17-6-7-22-18-15-20(19(24-4)14-16(17)18)26-11-5-8-23-9-12-25-13-10-23;1-5-19-9-13(18-10-19)14-8-12-15(20-14)11(6-7-17-12)16(2,3)4;1-15(2,3)10-5-6-16-11-7-13(19-14(10)11)12-8-18(4)9-17-12;1-14(2,3)12-7-8-15-13-9-10(16-4)5-6-11(12)13;1-7-9-8(11(2,3)4)5-6-12-10(9)14-13-7;1-11(2,3)9-5-7-13-10-8(9)4-6-12-10;1-9(2,3)6-4-5-12-8(11)7(6)10;1-9(2,3)7-4-5-11-8(10)6-7/h6-7,14-15H,5,8-13H2,1-4H3;6-10H,5H2,1-4H3;5-9H,1-4H3;5-9H,1-4H3;5-6H,1-4H3,(H,12,13,14);4-7H,1-3H3,(H,12,13);4-5H,1-3H3,(H2,11,12);4-6H,1-3H3,(H2,10,11).